The van der Waals surface area contributed by atoms with Gasteiger partial charge in [-0.2, -0.15) is 0 Å². The Balaban J connectivity index is 1.59. The number of nitrogens with one attached hydrogen (secondary N) is 1. The molecule has 0 aliphatic carbocycles. The van der Waals surface area contributed by atoms with Crippen LogP contribution in [0.25, 0.3) is 0 Å². The average Bonchev–Trinajstić information content (AvgIpc) is 3.12. The van der Waals surface area contributed by atoms with E-state index < -0.39 is 12.0 Å². The first-order valence-corrected chi connectivity index (χ1v) is 12.9. The van der Waals surface area contributed by atoms with Crippen LogP contribution in [0, 0.1) is 13.8 Å². The maximum Gasteiger partial charge on any atom is 0.338 e. The van der Waals surface area contributed by atoms with E-state index in [0.717, 1.165) is 29.7 Å². The van der Waals surface area contributed by atoms with E-state index in [1.54, 1.807) is 14.0 Å². The number of carbonyl (C=O) groups excluding carboxylic acids is 3. The maximum atomic E-state index is 13.2. The lowest BCUT2D eigenvalue weighted by atomic mass is 9.93. The number of hydrogen-bond donors (Lipinski definition) is 1. The minimum Gasteiger partial charge on any atom is -0.463 e. The highest BCUT2D eigenvalue weighted by molar-refractivity contribution is 5.95. The van der Waals surface area contributed by atoms with Gasteiger partial charge in [-0.1, -0.05) is 47.5 Å². The molecule has 4 rings (SSSR count). The van der Waals surface area contributed by atoms with Crippen molar-refractivity contribution in [1.29, 1.82) is 0 Å². The molecule has 196 valence electrons. The third kappa shape index (κ3) is 6.02. The largest absolute Gasteiger partial charge is 0.463 e. The van der Waals surface area contributed by atoms with E-state index in [1.807, 2.05) is 67.3 Å². The Morgan fingerprint density at radius 2 is 1.76 bits per heavy atom. The number of likely N-dealkylation sites (N-methyl/N-ethyl adjacent to an activating group) is 1. The summed E-state index contributed by atoms with van der Waals surface area (Å²) in [6.45, 7) is 9.05. The Morgan fingerprint density at radius 1 is 1.00 bits per heavy atom. The van der Waals surface area contributed by atoms with Gasteiger partial charge in [-0.15, -0.1) is 0 Å². The third-order valence-corrected chi connectivity index (χ3v) is 7.00. The van der Waals surface area contributed by atoms with Crippen molar-refractivity contribution < 1.29 is 19.1 Å². The molecule has 0 radical (unpaired) electrons. The summed E-state index contributed by atoms with van der Waals surface area (Å²) in [6.07, 6.45) is 0.802. The van der Waals surface area contributed by atoms with Gasteiger partial charge in [-0.05, 0) is 44.9 Å². The lowest BCUT2D eigenvalue weighted by Gasteiger charge is -2.36. The number of rotatable bonds is 6. The summed E-state index contributed by atoms with van der Waals surface area (Å²) < 4.78 is 5.45. The molecule has 3 amide bonds. The van der Waals surface area contributed by atoms with Crippen molar-refractivity contribution in [2.45, 2.75) is 33.2 Å². The lowest BCUT2D eigenvalue weighted by molar-refractivity contribution is -0.139. The van der Waals surface area contributed by atoms with Crippen LogP contribution in [0.5, 0.6) is 0 Å². The van der Waals surface area contributed by atoms with Gasteiger partial charge in [0.2, 0.25) is 0 Å². The summed E-state index contributed by atoms with van der Waals surface area (Å²) >= 11 is 0. The van der Waals surface area contributed by atoms with Crippen LogP contribution in [0.4, 0.5) is 4.79 Å². The number of esters is 1. The van der Waals surface area contributed by atoms with Crippen LogP contribution in [0.3, 0.4) is 0 Å². The molecule has 1 fully saturated rings. The molecule has 0 spiro atoms. The molecule has 0 unspecified atom stereocenters. The highest BCUT2D eigenvalue weighted by Crippen LogP contribution is 2.32. The third-order valence-electron chi connectivity index (χ3n) is 7.00. The second-order valence-corrected chi connectivity index (χ2v) is 9.72. The Morgan fingerprint density at radius 3 is 2.46 bits per heavy atom. The van der Waals surface area contributed by atoms with E-state index in [-0.39, 0.29) is 18.5 Å². The normalized spacial score (nSPS) is 18.9. The predicted molar refractivity (Wildman–Crippen MR) is 142 cm³/mol. The van der Waals surface area contributed by atoms with Crippen LogP contribution in [-0.4, -0.2) is 79.0 Å². The van der Waals surface area contributed by atoms with Crippen molar-refractivity contribution >= 4 is 17.9 Å². The van der Waals surface area contributed by atoms with Gasteiger partial charge in [0.05, 0.1) is 18.2 Å². The van der Waals surface area contributed by atoms with Gasteiger partial charge in [0, 0.05) is 51.0 Å². The molecular weight excluding hydrogens is 468 g/mol. The molecule has 2 heterocycles. The van der Waals surface area contributed by atoms with Gasteiger partial charge in [0.15, 0.2) is 0 Å². The van der Waals surface area contributed by atoms with Crippen molar-refractivity contribution in [3.63, 3.8) is 0 Å². The highest BCUT2D eigenvalue weighted by Gasteiger charge is 2.37. The molecule has 2 aliphatic heterocycles. The quantitative estimate of drug-likeness (QED) is 0.607. The molecule has 2 aromatic rings. The van der Waals surface area contributed by atoms with Gasteiger partial charge < -0.3 is 15.0 Å². The number of urea groups is 1. The van der Waals surface area contributed by atoms with E-state index in [9.17, 15) is 14.4 Å². The standard InChI is InChI=1S/C29H36N4O4/c1-5-37-28(35)25-24(31(4)29(36)30-26(25)23-9-6-8-21(3)18-23)19-32-14-7-15-33(17-16-32)27(34)22-12-10-20(2)11-13-22/h6,8-13,18,26H,5,7,14-17,19H2,1-4H3,(H,30,36)/t26-/m1/s1. The maximum absolute atomic E-state index is 13.2. The first-order valence-electron chi connectivity index (χ1n) is 12.9. The van der Waals surface area contributed by atoms with Crippen LogP contribution in [-0.2, 0) is 9.53 Å². The number of benzene rings is 2. The first kappa shape index (κ1) is 26.4. The van der Waals surface area contributed by atoms with Gasteiger partial charge >= 0.3 is 12.0 Å². The summed E-state index contributed by atoms with van der Waals surface area (Å²) in [4.78, 5) is 44.9. The number of hydrogen-bond acceptors (Lipinski definition) is 5. The van der Waals surface area contributed by atoms with Crippen molar-refractivity contribution in [3.05, 3.63) is 82.1 Å². The van der Waals surface area contributed by atoms with Crippen molar-refractivity contribution in [2.75, 3.05) is 46.4 Å². The van der Waals surface area contributed by atoms with E-state index >= 15 is 0 Å². The fourth-order valence-electron chi connectivity index (χ4n) is 4.92. The van der Waals surface area contributed by atoms with Gasteiger partial charge in [0.1, 0.15) is 0 Å². The van der Waals surface area contributed by atoms with Crippen LogP contribution in [0.1, 0.15) is 46.4 Å². The van der Waals surface area contributed by atoms with E-state index in [0.29, 0.717) is 43.0 Å². The van der Waals surface area contributed by atoms with Gasteiger partial charge in [-0.3, -0.25) is 14.6 Å². The van der Waals surface area contributed by atoms with Gasteiger partial charge in [-0.25, -0.2) is 9.59 Å². The molecule has 8 nitrogen and oxygen atoms in total. The predicted octanol–water partition coefficient (Wildman–Crippen LogP) is 3.66. The monoisotopic (exact) mass is 504 g/mol. The number of nitrogens with zero attached hydrogens (tertiary/aromatic N) is 3. The van der Waals surface area contributed by atoms with Crippen molar-refractivity contribution in [1.82, 2.24) is 20.0 Å². The Hall–Kier alpha value is -3.65. The minimum absolute atomic E-state index is 0.0296. The smallest absolute Gasteiger partial charge is 0.338 e. The zero-order chi connectivity index (χ0) is 26.5. The van der Waals surface area contributed by atoms with E-state index in [1.165, 1.54) is 4.90 Å². The second-order valence-electron chi connectivity index (χ2n) is 9.72. The molecule has 0 aromatic heterocycles. The zero-order valence-corrected chi connectivity index (χ0v) is 22.1. The fourth-order valence-corrected chi connectivity index (χ4v) is 4.92. The number of aryl methyl sites for hydroxylation is 2. The minimum atomic E-state index is -0.593. The topological polar surface area (TPSA) is 82.2 Å². The molecule has 1 atom stereocenters. The number of ether oxygens (including phenoxy) is 1. The molecule has 2 aromatic carbocycles. The molecule has 0 bridgehead atoms. The van der Waals surface area contributed by atoms with Crippen LogP contribution < -0.4 is 5.32 Å². The Bertz CT molecular complexity index is 1190. The molecule has 2 aliphatic rings. The lowest BCUT2D eigenvalue weighted by Crippen LogP contribution is -2.49. The van der Waals surface area contributed by atoms with E-state index in [4.69, 9.17) is 4.74 Å². The molecule has 0 saturated carbocycles. The summed E-state index contributed by atoms with van der Waals surface area (Å²) in [7, 11) is 1.68. The summed E-state index contributed by atoms with van der Waals surface area (Å²) in [5.41, 5.74) is 4.78. The molecule has 1 saturated heterocycles. The summed E-state index contributed by atoms with van der Waals surface area (Å²) in [5.74, 6) is -0.399. The summed E-state index contributed by atoms with van der Waals surface area (Å²) in [6, 6.07) is 14.6. The zero-order valence-electron chi connectivity index (χ0n) is 22.1. The van der Waals surface area contributed by atoms with E-state index in [2.05, 4.69) is 10.2 Å². The second kappa shape index (κ2) is 11.6. The van der Waals surface area contributed by atoms with Crippen molar-refractivity contribution in [3.8, 4) is 0 Å². The van der Waals surface area contributed by atoms with Crippen LogP contribution in [0.15, 0.2) is 59.8 Å². The SMILES string of the molecule is CCOC(=O)C1=C(CN2CCCN(C(=O)c3ccc(C)cc3)CC2)N(C)C(=O)N[C@@H]1c1cccc(C)c1. The fraction of sp³-hybridized carbons (Fsp3) is 0.414. The van der Waals surface area contributed by atoms with Crippen LogP contribution >= 0.6 is 0 Å². The number of carbonyl (C=O) groups is 3. The Kier molecular flexibility index (Phi) is 8.28. The Labute approximate surface area is 218 Å². The molecular formula is C29H36N4O4. The van der Waals surface area contributed by atoms with Crippen molar-refractivity contribution in [2.24, 2.45) is 0 Å². The molecule has 8 heteroatoms. The molecule has 1 N–H and O–H groups in total. The first-order chi connectivity index (χ1) is 17.8. The van der Waals surface area contributed by atoms with Gasteiger partial charge in [0.25, 0.3) is 5.91 Å². The summed E-state index contributed by atoms with van der Waals surface area (Å²) in [5, 5.41) is 2.98. The average molecular weight is 505 g/mol. The number of amides is 3. The molecule has 37 heavy (non-hydrogen) atoms. The highest BCUT2D eigenvalue weighted by atomic mass is 16.5. The van der Waals surface area contributed by atoms with Crippen LogP contribution in [0.2, 0.25) is 0 Å².